The summed E-state index contributed by atoms with van der Waals surface area (Å²) >= 11 is 0. The van der Waals surface area contributed by atoms with Crippen LogP contribution in [0, 0.1) is 23.3 Å². The lowest BCUT2D eigenvalue weighted by molar-refractivity contribution is 0.430. The molecule has 0 saturated heterocycles. The molecule has 2 aromatic rings. The summed E-state index contributed by atoms with van der Waals surface area (Å²) in [6, 6.07) is 6.95. The molecule has 0 aliphatic rings. The third kappa shape index (κ3) is 3.24. The molecule has 2 aromatic carbocycles. The Morgan fingerprint density at radius 1 is 0.857 bits per heavy atom. The first-order chi connectivity index (χ1) is 10.1. The van der Waals surface area contributed by atoms with E-state index in [1.165, 1.54) is 18.2 Å². The van der Waals surface area contributed by atoms with Crippen LogP contribution >= 0.6 is 0 Å². The highest BCUT2D eigenvalue weighted by Crippen LogP contribution is 2.28. The second kappa shape index (κ2) is 6.72. The molecule has 0 heterocycles. The third-order valence-electron chi connectivity index (χ3n) is 3.19. The molecule has 0 spiro atoms. The fourth-order valence-corrected chi connectivity index (χ4v) is 2.15. The van der Waals surface area contributed by atoms with Crippen molar-refractivity contribution in [3.63, 3.8) is 0 Å². The minimum Gasteiger partial charge on any atom is -0.306 e. The van der Waals surface area contributed by atoms with Crippen LogP contribution in [0.25, 0.3) is 0 Å². The molecule has 2 rings (SSSR count). The van der Waals surface area contributed by atoms with E-state index >= 15 is 0 Å². The van der Waals surface area contributed by atoms with Gasteiger partial charge in [0.1, 0.15) is 5.82 Å². The maximum atomic E-state index is 14.0. The van der Waals surface area contributed by atoms with Gasteiger partial charge in [-0.05, 0) is 25.1 Å². The zero-order valence-electron chi connectivity index (χ0n) is 11.5. The van der Waals surface area contributed by atoms with Gasteiger partial charge in [0.2, 0.25) is 0 Å². The van der Waals surface area contributed by atoms with Crippen molar-refractivity contribution in [2.24, 2.45) is 0 Å². The quantitative estimate of drug-likeness (QED) is 0.640. The van der Waals surface area contributed by atoms with Crippen LogP contribution in [-0.2, 0) is 0 Å². The van der Waals surface area contributed by atoms with E-state index in [4.69, 9.17) is 0 Å². The van der Waals surface area contributed by atoms with E-state index in [9.17, 15) is 17.6 Å². The van der Waals surface area contributed by atoms with Gasteiger partial charge in [0.25, 0.3) is 0 Å². The molecule has 1 N–H and O–H groups in total. The molecule has 5 heteroatoms. The Bertz CT molecular complexity index is 628. The highest BCUT2D eigenvalue weighted by molar-refractivity contribution is 5.34. The number of hydrogen-bond donors (Lipinski definition) is 1. The SMILES string of the molecule is CCCNC(c1ccccc1F)c1ccc(F)c(F)c1F. The van der Waals surface area contributed by atoms with Crippen LogP contribution < -0.4 is 5.32 Å². The summed E-state index contributed by atoms with van der Waals surface area (Å²) in [5.41, 5.74) is 0.0725. The normalized spacial score (nSPS) is 12.4. The average molecular weight is 297 g/mol. The topological polar surface area (TPSA) is 12.0 Å². The average Bonchev–Trinajstić information content (AvgIpc) is 2.48. The Labute approximate surface area is 120 Å². The van der Waals surface area contributed by atoms with E-state index in [1.807, 2.05) is 6.92 Å². The van der Waals surface area contributed by atoms with Gasteiger partial charge in [-0.3, -0.25) is 0 Å². The van der Waals surface area contributed by atoms with Gasteiger partial charge in [-0.1, -0.05) is 31.2 Å². The standard InChI is InChI=1S/C16H15F4N/c1-2-9-21-16(10-5-3-4-6-12(10)17)11-7-8-13(18)15(20)14(11)19/h3-8,16,21H,2,9H2,1H3. The molecule has 112 valence electrons. The highest BCUT2D eigenvalue weighted by Gasteiger charge is 2.23. The number of nitrogens with one attached hydrogen (secondary N) is 1. The molecule has 0 radical (unpaired) electrons. The molecular formula is C16H15F4N. The van der Waals surface area contributed by atoms with Crippen molar-refractivity contribution in [3.8, 4) is 0 Å². The van der Waals surface area contributed by atoms with Gasteiger partial charge in [-0.15, -0.1) is 0 Å². The first-order valence-corrected chi connectivity index (χ1v) is 6.67. The van der Waals surface area contributed by atoms with Crippen LogP contribution in [0.5, 0.6) is 0 Å². The molecule has 1 atom stereocenters. The Hall–Kier alpha value is -1.88. The van der Waals surface area contributed by atoms with Crippen LogP contribution in [0.3, 0.4) is 0 Å². The molecule has 0 aliphatic heterocycles. The zero-order valence-corrected chi connectivity index (χ0v) is 11.5. The largest absolute Gasteiger partial charge is 0.306 e. The molecule has 0 aromatic heterocycles. The molecule has 0 fully saturated rings. The molecule has 0 bridgehead atoms. The molecule has 0 aliphatic carbocycles. The van der Waals surface area contributed by atoms with E-state index < -0.39 is 29.3 Å². The summed E-state index contributed by atoms with van der Waals surface area (Å²) in [6.45, 7) is 2.38. The van der Waals surface area contributed by atoms with Gasteiger partial charge < -0.3 is 5.32 Å². The first kappa shape index (κ1) is 15.5. The zero-order chi connectivity index (χ0) is 15.4. The van der Waals surface area contributed by atoms with Crippen LogP contribution in [0.15, 0.2) is 36.4 Å². The summed E-state index contributed by atoms with van der Waals surface area (Å²) in [6.07, 6.45) is 0.732. The van der Waals surface area contributed by atoms with Crippen LogP contribution in [0.4, 0.5) is 17.6 Å². The Morgan fingerprint density at radius 3 is 2.24 bits per heavy atom. The van der Waals surface area contributed by atoms with Crippen molar-refractivity contribution in [3.05, 3.63) is 70.8 Å². The van der Waals surface area contributed by atoms with Crippen molar-refractivity contribution >= 4 is 0 Å². The maximum Gasteiger partial charge on any atom is 0.194 e. The van der Waals surface area contributed by atoms with E-state index in [1.54, 1.807) is 6.07 Å². The summed E-state index contributed by atoms with van der Waals surface area (Å²) in [7, 11) is 0. The summed E-state index contributed by atoms with van der Waals surface area (Å²) < 4.78 is 54.4. The van der Waals surface area contributed by atoms with Gasteiger partial charge >= 0.3 is 0 Å². The lowest BCUT2D eigenvalue weighted by Gasteiger charge is -2.21. The van der Waals surface area contributed by atoms with Crippen LogP contribution in [0.2, 0.25) is 0 Å². The summed E-state index contributed by atoms with van der Waals surface area (Å²) in [5.74, 6) is -4.65. The van der Waals surface area contributed by atoms with Gasteiger partial charge in [-0.2, -0.15) is 0 Å². The number of halogens is 4. The second-order valence-electron chi connectivity index (χ2n) is 4.67. The molecule has 21 heavy (non-hydrogen) atoms. The van der Waals surface area contributed by atoms with E-state index in [-0.39, 0.29) is 11.1 Å². The van der Waals surface area contributed by atoms with Crippen LogP contribution in [0.1, 0.15) is 30.5 Å². The highest BCUT2D eigenvalue weighted by atomic mass is 19.2. The number of hydrogen-bond acceptors (Lipinski definition) is 1. The minimum absolute atomic E-state index is 0.118. The van der Waals surface area contributed by atoms with Gasteiger partial charge in [0, 0.05) is 11.1 Å². The lowest BCUT2D eigenvalue weighted by atomic mass is 9.97. The van der Waals surface area contributed by atoms with Crippen molar-refractivity contribution in [2.45, 2.75) is 19.4 Å². The lowest BCUT2D eigenvalue weighted by Crippen LogP contribution is -2.25. The van der Waals surface area contributed by atoms with Gasteiger partial charge in [0.05, 0.1) is 6.04 Å². The summed E-state index contributed by atoms with van der Waals surface area (Å²) in [5, 5.41) is 2.96. The summed E-state index contributed by atoms with van der Waals surface area (Å²) in [4.78, 5) is 0. The smallest absolute Gasteiger partial charge is 0.194 e. The van der Waals surface area contributed by atoms with Gasteiger partial charge in [-0.25, -0.2) is 17.6 Å². The molecule has 1 nitrogen and oxygen atoms in total. The second-order valence-corrected chi connectivity index (χ2v) is 4.67. The van der Waals surface area contributed by atoms with Crippen molar-refractivity contribution in [2.75, 3.05) is 6.54 Å². The van der Waals surface area contributed by atoms with Gasteiger partial charge in [0.15, 0.2) is 17.5 Å². The van der Waals surface area contributed by atoms with Crippen molar-refractivity contribution in [1.82, 2.24) is 5.32 Å². The van der Waals surface area contributed by atoms with Crippen molar-refractivity contribution in [1.29, 1.82) is 0 Å². The molecular weight excluding hydrogens is 282 g/mol. The van der Waals surface area contributed by atoms with E-state index in [0.717, 1.165) is 18.6 Å². The minimum atomic E-state index is -1.55. The van der Waals surface area contributed by atoms with E-state index in [2.05, 4.69) is 5.32 Å². The Morgan fingerprint density at radius 2 is 1.57 bits per heavy atom. The monoisotopic (exact) mass is 297 g/mol. The fourth-order valence-electron chi connectivity index (χ4n) is 2.15. The number of benzene rings is 2. The predicted molar refractivity (Wildman–Crippen MR) is 72.9 cm³/mol. The predicted octanol–water partition coefficient (Wildman–Crippen LogP) is 4.33. The Balaban J connectivity index is 2.51. The fraction of sp³-hybridized carbons (Fsp3) is 0.250. The van der Waals surface area contributed by atoms with Crippen molar-refractivity contribution < 1.29 is 17.6 Å². The van der Waals surface area contributed by atoms with Crippen LogP contribution in [-0.4, -0.2) is 6.54 Å². The first-order valence-electron chi connectivity index (χ1n) is 6.67. The Kier molecular flexibility index (Phi) is 4.96. The molecule has 0 saturated carbocycles. The third-order valence-corrected chi connectivity index (χ3v) is 3.19. The molecule has 0 amide bonds. The maximum absolute atomic E-state index is 14.0. The number of rotatable bonds is 5. The molecule has 1 unspecified atom stereocenters. The van der Waals surface area contributed by atoms with E-state index in [0.29, 0.717) is 6.54 Å².